The van der Waals surface area contributed by atoms with Crippen LogP contribution in [0.5, 0.6) is 11.5 Å². The molecule has 0 aliphatic carbocycles. The first-order chi connectivity index (χ1) is 13.4. The van der Waals surface area contributed by atoms with Gasteiger partial charge < -0.3 is 19.1 Å². The molecule has 0 aromatic heterocycles. The van der Waals surface area contributed by atoms with Gasteiger partial charge in [-0.3, -0.25) is 14.5 Å². The number of benzene rings is 2. The molecule has 0 bridgehead atoms. The second kappa shape index (κ2) is 6.70. The molecule has 0 saturated carbocycles. The molecular weight excluding hydrogens is 367 g/mol. The van der Waals surface area contributed by atoms with Crippen molar-refractivity contribution < 1.29 is 28.2 Å². The highest BCUT2D eigenvalue weighted by Gasteiger charge is 2.53. The molecule has 4 rings (SSSR count). The minimum atomic E-state index is -0.992. The van der Waals surface area contributed by atoms with Crippen LogP contribution in [0.4, 0.5) is 15.8 Å². The second-order valence-electron chi connectivity index (χ2n) is 6.82. The van der Waals surface area contributed by atoms with Crippen LogP contribution in [0.15, 0.2) is 36.4 Å². The number of esters is 1. The molecule has 1 saturated heterocycles. The van der Waals surface area contributed by atoms with Crippen molar-refractivity contribution in [2.45, 2.75) is 19.1 Å². The molecule has 0 N–H and O–H groups in total. The van der Waals surface area contributed by atoms with Gasteiger partial charge in [0, 0.05) is 44.0 Å². The molecule has 0 spiro atoms. The smallest absolute Gasteiger partial charge is 0.303 e. The highest BCUT2D eigenvalue weighted by atomic mass is 19.1. The standard InChI is InChI=1S/C20H19FN2O5/c1-11(24)28-19-17(23(20(19)25)13-6-4-12(21)5-7-13)15-8-14(22(2)3)9-16-18(15)27-10-26-16/h4-9,17,19H,10H2,1-3H3/t17-,19+/m0/s1. The third-order valence-corrected chi connectivity index (χ3v) is 4.76. The van der Waals surface area contributed by atoms with Crippen molar-refractivity contribution in [2.75, 3.05) is 30.7 Å². The zero-order valence-corrected chi connectivity index (χ0v) is 15.6. The van der Waals surface area contributed by atoms with Crippen molar-refractivity contribution in [1.82, 2.24) is 0 Å². The van der Waals surface area contributed by atoms with E-state index in [0.717, 1.165) is 5.69 Å². The number of nitrogens with zero attached hydrogens (tertiary/aromatic N) is 2. The van der Waals surface area contributed by atoms with Crippen LogP contribution in [0.1, 0.15) is 18.5 Å². The Labute approximate surface area is 161 Å². The van der Waals surface area contributed by atoms with Crippen LogP contribution in [-0.4, -0.2) is 38.9 Å². The Kier molecular flexibility index (Phi) is 4.33. The highest BCUT2D eigenvalue weighted by molar-refractivity contribution is 6.06. The Bertz CT molecular complexity index is 944. The van der Waals surface area contributed by atoms with Crippen molar-refractivity contribution >= 4 is 23.3 Å². The summed E-state index contributed by atoms with van der Waals surface area (Å²) >= 11 is 0. The number of amides is 1. The predicted molar refractivity (Wildman–Crippen MR) is 99.1 cm³/mol. The van der Waals surface area contributed by atoms with Crippen LogP contribution in [0, 0.1) is 5.82 Å². The summed E-state index contributed by atoms with van der Waals surface area (Å²) in [7, 11) is 3.77. The van der Waals surface area contributed by atoms with E-state index in [4.69, 9.17) is 14.2 Å². The SMILES string of the molecule is CC(=O)O[C@H]1C(=O)N(c2ccc(F)cc2)[C@H]1c1cc(N(C)C)cc2c1OCO2. The fraction of sp³-hybridized carbons (Fsp3) is 0.300. The first-order valence-corrected chi connectivity index (χ1v) is 8.73. The van der Waals surface area contributed by atoms with Crippen molar-refractivity contribution in [1.29, 1.82) is 0 Å². The normalized spacial score (nSPS) is 20.0. The van der Waals surface area contributed by atoms with E-state index in [-0.39, 0.29) is 12.7 Å². The topological polar surface area (TPSA) is 68.3 Å². The minimum Gasteiger partial charge on any atom is -0.454 e. The van der Waals surface area contributed by atoms with Gasteiger partial charge in [0.1, 0.15) is 11.9 Å². The second-order valence-corrected chi connectivity index (χ2v) is 6.82. The van der Waals surface area contributed by atoms with Gasteiger partial charge in [-0.2, -0.15) is 0 Å². The highest BCUT2D eigenvalue weighted by Crippen LogP contribution is 2.49. The number of ether oxygens (including phenoxy) is 3. The van der Waals surface area contributed by atoms with Crippen LogP contribution in [0.2, 0.25) is 0 Å². The van der Waals surface area contributed by atoms with Crippen LogP contribution < -0.4 is 19.3 Å². The molecule has 2 aliphatic rings. The van der Waals surface area contributed by atoms with E-state index in [1.54, 1.807) is 0 Å². The minimum absolute atomic E-state index is 0.0641. The first-order valence-electron chi connectivity index (χ1n) is 8.73. The van der Waals surface area contributed by atoms with E-state index in [2.05, 4.69) is 0 Å². The maximum absolute atomic E-state index is 13.3. The quantitative estimate of drug-likeness (QED) is 0.595. The number of rotatable bonds is 4. The summed E-state index contributed by atoms with van der Waals surface area (Å²) < 4.78 is 29.8. The molecule has 7 nitrogen and oxygen atoms in total. The summed E-state index contributed by atoms with van der Waals surface area (Å²) in [6.07, 6.45) is -0.992. The van der Waals surface area contributed by atoms with E-state index in [1.807, 2.05) is 31.1 Å². The van der Waals surface area contributed by atoms with E-state index >= 15 is 0 Å². The number of β-lactam (4-membered cyclic amide) rings is 1. The predicted octanol–water partition coefficient (Wildman–Crippen LogP) is 2.64. The summed E-state index contributed by atoms with van der Waals surface area (Å²) in [6, 6.07) is 8.68. The lowest BCUT2D eigenvalue weighted by Gasteiger charge is -2.46. The van der Waals surface area contributed by atoms with E-state index in [0.29, 0.717) is 22.7 Å². The molecule has 146 valence electrons. The number of carbonyl (C=O) groups excluding carboxylic acids is 2. The molecule has 2 aliphatic heterocycles. The third-order valence-electron chi connectivity index (χ3n) is 4.76. The molecule has 2 heterocycles. The van der Waals surface area contributed by atoms with Crippen LogP contribution in [0.25, 0.3) is 0 Å². The lowest BCUT2D eigenvalue weighted by molar-refractivity contribution is -0.160. The maximum atomic E-state index is 13.3. The fourth-order valence-electron chi connectivity index (χ4n) is 3.45. The molecule has 28 heavy (non-hydrogen) atoms. The van der Waals surface area contributed by atoms with Gasteiger partial charge in [-0.1, -0.05) is 0 Å². The zero-order chi connectivity index (χ0) is 20.0. The molecule has 2 aromatic rings. The number of halogens is 1. The number of fused-ring (bicyclic) bond motifs is 1. The largest absolute Gasteiger partial charge is 0.454 e. The van der Waals surface area contributed by atoms with E-state index < -0.39 is 23.9 Å². The Morgan fingerprint density at radius 2 is 1.93 bits per heavy atom. The van der Waals surface area contributed by atoms with Crippen molar-refractivity contribution in [3.63, 3.8) is 0 Å². The third kappa shape index (κ3) is 2.90. The molecule has 2 aromatic carbocycles. The number of hydrogen-bond acceptors (Lipinski definition) is 6. The molecule has 1 amide bonds. The van der Waals surface area contributed by atoms with Crippen molar-refractivity contribution in [2.24, 2.45) is 0 Å². The Morgan fingerprint density at radius 3 is 2.57 bits per heavy atom. The summed E-state index contributed by atoms with van der Waals surface area (Å²) in [6.45, 7) is 1.32. The molecule has 0 radical (unpaired) electrons. The van der Waals surface area contributed by atoms with Crippen molar-refractivity contribution in [3.8, 4) is 11.5 Å². The maximum Gasteiger partial charge on any atom is 0.303 e. The monoisotopic (exact) mass is 386 g/mol. The molecule has 8 heteroatoms. The van der Waals surface area contributed by atoms with Crippen molar-refractivity contribution in [3.05, 3.63) is 47.8 Å². The van der Waals surface area contributed by atoms with Gasteiger partial charge >= 0.3 is 5.97 Å². The Hall–Kier alpha value is -3.29. The lowest BCUT2D eigenvalue weighted by atomic mass is 9.88. The summed E-state index contributed by atoms with van der Waals surface area (Å²) in [5, 5.41) is 0. The average molecular weight is 386 g/mol. The Balaban J connectivity index is 1.82. The fourth-order valence-corrected chi connectivity index (χ4v) is 3.45. The average Bonchev–Trinajstić information content (AvgIpc) is 3.13. The van der Waals surface area contributed by atoms with E-state index in [1.165, 1.54) is 36.1 Å². The molecule has 1 fully saturated rings. The summed E-state index contributed by atoms with van der Waals surface area (Å²) in [5.74, 6) is -0.278. The zero-order valence-electron chi connectivity index (χ0n) is 15.6. The molecular formula is C20H19FN2O5. The van der Waals surface area contributed by atoms with Gasteiger partial charge in [-0.05, 0) is 30.3 Å². The van der Waals surface area contributed by atoms with Gasteiger partial charge in [-0.25, -0.2) is 4.39 Å². The van der Waals surface area contributed by atoms with Gasteiger partial charge in [-0.15, -0.1) is 0 Å². The summed E-state index contributed by atoms with van der Waals surface area (Å²) in [4.78, 5) is 27.7. The van der Waals surface area contributed by atoms with Crippen LogP contribution in [0.3, 0.4) is 0 Å². The molecule has 0 unspecified atom stereocenters. The van der Waals surface area contributed by atoms with Gasteiger partial charge in [0.25, 0.3) is 5.91 Å². The van der Waals surface area contributed by atoms with Gasteiger partial charge in [0.2, 0.25) is 12.9 Å². The van der Waals surface area contributed by atoms with Crippen LogP contribution >= 0.6 is 0 Å². The Morgan fingerprint density at radius 1 is 1.21 bits per heavy atom. The number of anilines is 2. The number of hydrogen-bond donors (Lipinski definition) is 0. The van der Waals surface area contributed by atoms with Crippen LogP contribution in [-0.2, 0) is 14.3 Å². The summed E-state index contributed by atoms with van der Waals surface area (Å²) in [5.41, 5.74) is 2.01. The van der Waals surface area contributed by atoms with E-state index in [9.17, 15) is 14.0 Å². The molecule has 2 atom stereocenters. The lowest BCUT2D eigenvalue weighted by Crippen LogP contribution is -2.60. The first kappa shape index (κ1) is 18.1. The van der Waals surface area contributed by atoms with Gasteiger partial charge in [0.15, 0.2) is 11.5 Å². The van der Waals surface area contributed by atoms with Gasteiger partial charge in [0.05, 0.1) is 0 Å². The number of carbonyl (C=O) groups is 2.